The summed E-state index contributed by atoms with van der Waals surface area (Å²) in [5.41, 5.74) is 0. The quantitative estimate of drug-likeness (QED) is 0.390. The second-order valence-electron chi connectivity index (χ2n) is 11.3. The SMILES string of the molecule is COC(=O)C1CCNC(COC2CCCCC2)C1.O=C(O)C1CCN(C(=O)O)C(COC2CCCCC2)C1. The third-order valence-corrected chi connectivity index (χ3v) is 8.50. The number of hydrogen-bond acceptors (Lipinski definition) is 7. The largest absolute Gasteiger partial charge is 0.481 e. The van der Waals surface area contributed by atoms with Gasteiger partial charge < -0.3 is 34.6 Å². The summed E-state index contributed by atoms with van der Waals surface area (Å²) in [6.45, 7) is 2.22. The van der Waals surface area contributed by atoms with Crippen molar-refractivity contribution in [1.82, 2.24) is 10.2 Å². The van der Waals surface area contributed by atoms with Gasteiger partial charge >= 0.3 is 18.0 Å². The Balaban J connectivity index is 0.000000212. The molecule has 2 saturated carbocycles. The van der Waals surface area contributed by atoms with Gasteiger partial charge in [0.05, 0.1) is 50.4 Å². The van der Waals surface area contributed by atoms with Crippen molar-refractivity contribution in [3.05, 3.63) is 0 Å². The highest BCUT2D eigenvalue weighted by Gasteiger charge is 2.35. The van der Waals surface area contributed by atoms with Gasteiger partial charge in [0.1, 0.15) is 0 Å². The van der Waals surface area contributed by atoms with Gasteiger partial charge in [-0.2, -0.15) is 0 Å². The number of piperidine rings is 2. The predicted molar refractivity (Wildman–Crippen MR) is 141 cm³/mol. The highest BCUT2D eigenvalue weighted by Crippen LogP contribution is 2.26. The summed E-state index contributed by atoms with van der Waals surface area (Å²) in [5, 5.41) is 21.7. The van der Waals surface area contributed by atoms with Crippen LogP contribution in [0.15, 0.2) is 0 Å². The van der Waals surface area contributed by atoms with E-state index in [1.807, 2.05) is 0 Å². The number of carbonyl (C=O) groups is 3. The molecule has 4 fully saturated rings. The van der Waals surface area contributed by atoms with E-state index in [1.54, 1.807) is 0 Å². The summed E-state index contributed by atoms with van der Waals surface area (Å²) in [4.78, 5) is 35.2. The van der Waals surface area contributed by atoms with Gasteiger partial charge in [-0.3, -0.25) is 9.59 Å². The molecule has 38 heavy (non-hydrogen) atoms. The lowest BCUT2D eigenvalue weighted by atomic mass is 9.91. The van der Waals surface area contributed by atoms with Crippen LogP contribution < -0.4 is 5.32 Å². The number of methoxy groups -OCH3 is 1. The highest BCUT2D eigenvalue weighted by molar-refractivity contribution is 5.72. The molecule has 0 aromatic carbocycles. The molecular weight excluding hydrogens is 492 g/mol. The van der Waals surface area contributed by atoms with Crippen LogP contribution in [0.5, 0.6) is 0 Å². The summed E-state index contributed by atoms with van der Waals surface area (Å²) in [5.74, 6) is -1.31. The van der Waals surface area contributed by atoms with Crippen molar-refractivity contribution >= 4 is 18.0 Å². The first-order chi connectivity index (χ1) is 18.4. The van der Waals surface area contributed by atoms with E-state index in [0.717, 1.165) is 51.7 Å². The Morgan fingerprint density at radius 1 is 0.789 bits per heavy atom. The Morgan fingerprint density at radius 3 is 1.95 bits per heavy atom. The number of carboxylic acids is 1. The van der Waals surface area contributed by atoms with E-state index in [4.69, 9.17) is 19.3 Å². The molecule has 0 radical (unpaired) electrons. The number of nitrogens with one attached hydrogen (secondary N) is 1. The second-order valence-corrected chi connectivity index (χ2v) is 11.3. The van der Waals surface area contributed by atoms with Crippen molar-refractivity contribution in [2.45, 2.75) is 114 Å². The zero-order valence-corrected chi connectivity index (χ0v) is 23.0. The number of esters is 1. The Hall–Kier alpha value is -1.91. The fraction of sp³-hybridized carbons (Fsp3) is 0.893. The molecule has 2 heterocycles. The number of carbonyl (C=O) groups excluding carboxylic acids is 1. The maximum Gasteiger partial charge on any atom is 0.407 e. The first-order valence-corrected chi connectivity index (χ1v) is 14.6. The molecule has 218 valence electrons. The molecule has 2 saturated heterocycles. The smallest absolute Gasteiger partial charge is 0.407 e. The van der Waals surface area contributed by atoms with Crippen molar-refractivity contribution in [2.24, 2.45) is 11.8 Å². The van der Waals surface area contributed by atoms with Crippen LogP contribution in [-0.2, 0) is 23.8 Å². The second kappa shape index (κ2) is 16.3. The van der Waals surface area contributed by atoms with E-state index < -0.39 is 18.0 Å². The lowest BCUT2D eigenvalue weighted by Crippen LogP contribution is -2.49. The summed E-state index contributed by atoms with van der Waals surface area (Å²) in [6.07, 6.45) is 14.1. The maximum atomic E-state index is 11.5. The van der Waals surface area contributed by atoms with Crippen LogP contribution in [0.25, 0.3) is 0 Å². The van der Waals surface area contributed by atoms with Gasteiger partial charge in [0.2, 0.25) is 0 Å². The minimum Gasteiger partial charge on any atom is -0.481 e. The minimum atomic E-state index is -0.980. The van der Waals surface area contributed by atoms with Crippen LogP contribution in [0.4, 0.5) is 4.79 Å². The highest BCUT2D eigenvalue weighted by atomic mass is 16.5. The lowest BCUT2D eigenvalue weighted by molar-refractivity contribution is -0.147. The van der Waals surface area contributed by atoms with Crippen LogP contribution >= 0.6 is 0 Å². The van der Waals surface area contributed by atoms with E-state index in [9.17, 15) is 19.5 Å². The Kier molecular flexibility index (Phi) is 13.1. The third kappa shape index (κ3) is 10.0. The third-order valence-electron chi connectivity index (χ3n) is 8.50. The fourth-order valence-corrected chi connectivity index (χ4v) is 6.16. The van der Waals surface area contributed by atoms with E-state index >= 15 is 0 Å². The average Bonchev–Trinajstić information content (AvgIpc) is 2.96. The molecule has 10 heteroatoms. The molecule has 0 bridgehead atoms. The molecule has 1 amide bonds. The molecule has 4 rings (SSSR count). The first-order valence-electron chi connectivity index (χ1n) is 14.6. The van der Waals surface area contributed by atoms with Crippen LogP contribution in [0, 0.1) is 11.8 Å². The maximum absolute atomic E-state index is 11.5. The normalized spacial score (nSPS) is 29.1. The predicted octanol–water partition coefficient (Wildman–Crippen LogP) is 4.06. The number of likely N-dealkylation sites (tertiary alicyclic amines) is 1. The van der Waals surface area contributed by atoms with Crippen molar-refractivity contribution in [3.63, 3.8) is 0 Å². The monoisotopic (exact) mass is 540 g/mol. The van der Waals surface area contributed by atoms with Crippen molar-refractivity contribution in [3.8, 4) is 0 Å². The van der Waals surface area contributed by atoms with Crippen molar-refractivity contribution in [2.75, 3.05) is 33.4 Å². The molecule has 4 aliphatic rings. The minimum absolute atomic E-state index is 0.0520. The number of hydrogen-bond donors (Lipinski definition) is 3. The number of rotatable bonds is 8. The van der Waals surface area contributed by atoms with Crippen molar-refractivity contribution < 1.29 is 38.8 Å². The zero-order valence-electron chi connectivity index (χ0n) is 23.0. The fourth-order valence-electron chi connectivity index (χ4n) is 6.16. The molecule has 3 N–H and O–H groups in total. The molecule has 4 unspecified atom stereocenters. The molecule has 2 aliphatic carbocycles. The molecule has 0 aromatic rings. The molecule has 0 spiro atoms. The average molecular weight is 541 g/mol. The number of ether oxygens (including phenoxy) is 3. The molecule has 2 aliphatic heterocycles. The van der Waals surface area contributed by atoms with Gasteiger partial charge in [0, 0.05) is 12.6 Å². The summed E-state index contributed by atoms with van der Waals surface area (Å²) >= 11 is 0. The topological polar surface area (TPSA) is 135 Å². The van der Waals surface area contributed by atoms with Gasteiger partial charge in [0.25, 0.3) is 0 Å². The van der Waals surface area contributed by atoms with Crippen LogP contribution in [0.3, 0.4) is 0 Å². The summed E-state index contributed by atoms with van der Waals surface area (Å²) in [7, 11) is 1.47. The number of nitrogens with zero attached hydrogens (tertiary/aromatic N) is 1. The number of amides is 1. The van der Waals surface area contributed by atoms with E-state index in [2.05, 4.69) is 5.32 Å². The molecule has 4 atom stereocenters. The Bertz CT molecular complexity index is 738. The standard InChI is InChI=1S/C14H23NO5.C14H25NO3/c16-13(17)10-6-7-15(14(18)19)11(8-10)9-20-12-4-2-1-3-5-12;1-17-14(16)11-7-8-15-12(9-11)10-18-13-5-3-2-4-6-13/h10-12H,1-9H2,(H,16,17)(H,18,19);11-13,15H,2-10H2,1H3. The van der Waals surface area contributed by atoms with Crippen molar-refractivity contribution in [1.29, 1.82) is 0 Å². The van der Waals surface area contributed by atoms with Gasteiger partial charge in [0.15, 0.2) is 0 Å². The van der Waals surface area contributed by atoms with Gasteiger partial charge in [-0.15, -0.1) is 0 Å². The van der Waals surface area contributed by atoms with Crippen LogP contribution in [-0.4, -0.2) is 90.8 Å². The zero-order chi connectivity index (χ0) is 27.3. The van der Waals surface area contributed by atoms with Gasteiger partial charge in [-0.1, -0.05) is 38.5 Å². The first kappa shape index (κ1) is 30.6. The number of aliphatic carboxylic acids is 1. The van der Waals surface area contributed by atoms with E-state index in [1.165, 1.54) is 50.5 Å². The Labute approximate surface area is 226 Å². The number of carboxylic acid groups (broad SMARTS) is 2. The van der Waals surface area contributed by atoms with E-state index in [0.29, 0.717) is 31.6 Å². The van der Waals surface area contributed by atoms with Gasteiger partial charge in [-0.25, -0.2) is 4.79 Å². The Morgan fingerprint density at radius 2 is 1.39 bits per heavy atom. The van der Waals surface area contributed by atoms with E-state index in [-0.39, 0.29) is 30.6 Å². The van der Waals surface area contributed by atoms with Crippen LogP contribution in [0.1, 0.15) is 89.9 Å². The van der Waals surface area contributed by atoms with Gasteiger partial charge in [-0.05, 0) is 57.9 Å². The summed E-state index contributed by atoms with van der Waals surface area (Å²) < 4.78 is 16.6. The lowest BCUT2D eigenvalue weighted by Gasteiger charge is -2.37. The van der Waals surface area contributed by atoms with Crippen LogP contribution in [0.2, 0.25) is 0 Å². The molecule has 0 aromatic heterocycles. The molecular formula is C28H48N2O8. The molecule has 10 nitrogen and oxygen atoms in total. The summed E-state index contributed by atoms with van der Waals surface area (Å²) in [6, 6.07) is -0.0194.